The Labute approximate surface area is 258 Å². The predicted octanol–water partition coefficient (Wildman–Crippen LogP) is 9.73. The number of benzene rings is 5. The summed E-state index contributed by atoms with van der Waals surface area (Å²) in [5.41, 5.74) is 9.12. The first kappa shape index (κ1) is 27.9. The van der Waals surface area contributed by atoms with Crippen LogP contribution < -0.4 is 8.96 Å². The van der Waals surface area contributed by atoms with Gasteiger partial charge in [0, 0.05) is 0 Å². The van der Waals surface area contributed by atoms with Crippen molar-refractivity contribution in [2.45, 2.75) is 50.4 Å². The Morgan fingerprint density at radius 3 is 2.07 bits per heavy atom. The van der Waals surface area contributed by atoms with Crippen molar-refractivity contribution < 1.29 is 4.57 Å². The molecule has 3 heteroatoms. The van der Waals surface area contributed by atoms with Crippen LogP contribution in [0.2, 0.25) is 17.3 Å². The Bertz CT molecular complexity index is 2220. The van der Waals surface area contributed by atoms with Crippen LogP contribution in [0, 0.1) is 6.92 Å². The van der Waals surface area contributed by atoms with Gasteiger partial charge in [-0.2, -0.15) is 0 Å². The molecular weight excluding hydrogens is 581 g/mol. The first-order valence-corrected chi connectivity index (χ1v) is 22.8. The van der Waals surface area contributed by atoms with E-state index in [1.54, 1.807) is 4.40 Å². The van der Waals surface area contributed by atoms with Crippen molar-refractivity contribution in [1.29, 1.82) is 0 Å². The van der Waals surface area contributed by atoms with E-state index in [9.17, 15) is 0 Å². The number of aryl methyl sites for hydroxylation is 2. The Morgan fingerprint density at radius 1 is 0.674 bits per heavy atom. The minimum atomic E-state index is -2.12. The van der Waals surface area contributed by atoms with E-state index in [0.29, 0.717) is 0 Å². The van der Waals surface area contributed by atoms with Crippen LogP contribution in [-0.2, 0) is 12.5 Å². The molecule has 0 radical (unpaired) electrons. The van der Waals surface area contributed by atoms with E-state index in [0.717, 1.165) is 0 Å². The van der Waals surface area contributed by atoms with Gasteiger partial charge in [0.25, 0.3) is 0 Å². The smallest absolute Gasteiger partial charge is 0.0616 e. The van der Waals surface area contributed by atoms with Gasteiger partial charge in [-0.25, -0.2) is 0 Å². The summed E-state index contributed by atoms with van der Waals surface area (Å²) >= 11 is -2.12. The maximum absolute atomic E-state index is 2.50. The maximum atomic E-state index is 2.50. The van der Waals surface area contributed by atoms with Gasteiger partial charge in [0.2, 0.25) is 0 Å². The second kappa shape index (κ2) is 9.82. The minimum Gasteiger partial charge on any atom is -0.0616 e. The van der Waals surface area contributed by atoms with E-state index in [1.807, 2.05) is 0 Å². The number of hydrogen-bond acceptors (Lipinski definition) is 0. The summed E-state index contributed by atoms with van der Waals surface area (Å²) in [6.07, 6.45) is 2.23. The second-order valence-electron chi connectivity index (χ2n) is 14.2. The number of nitrogens with zero attached hydrogens (tertiary/aromatic N) is 2. The molecule has 0 bridgehead atoms. The van der Waals surface area contributed by atoms with Crippen molar-refractivity contribution in [3.05, 3.63) is 114 Å². The molecule has 5 aromatic carbocycles. The molecule has 0 aliphatic rings. The molecule has 2 aromatic heterocycles. The third-order valence-electron chi connectivity index (χ3n) is 9.26. The molecule has 7 rings (SSSR count). The fourth-order valence-electron chi connectivity index (χ4n) is 7.14. The van der Waals surface area contributed by atoms with Crippen LogP contribution in [0.5, 0.6) is 0 Å². The van der Waals surface area contributed by atoms with Crippen LogP contribution in [0.15, 0.2) is 103 Å². The molecule has 0 saturated carbocycles. The molecule has 2 heterocycles. The first-order chi connectivity index (χ1) is 20.4. The molecule has 7 aromatic rings. The van der Waals surface area contributed by atoms with E-state index in [4.69, 9.17) is 0 Å². The van der Waals surface area contributed by atoms with Crippen LogP contribution in [0.3, 0.4) is 0 Å². The molecule has 0 amide bonds. The third-order valence-corrected chi connectivity index (χ3v) is 13.5. The number of para-hydroxylation sites is 1. The quantitative estimate of drug-likeness (QED) is 0.137. The van der Waals surface area contributed by atoms with Gasteiger partial charge in [-0.15, -0.1) is 0 Å². The molecule has 0 atom stereocenters. The number of fused-ring (bicyclic) bond motifs is 5. The van der Waals surface area contributed by atoms with E-state index in [-0.39, 0.29) is 5.41 Å². The van der Waals surface area contributed by atoms with Crippen molar-refractivity contribution in [3.63, 3.8) is 0 Å². The monoisotopic (exact) mass is 623 g/mol. The SMILES string of the molecule is Cc1c(-c2c3ccc(-n4c5ccccc5c5[c]([Ge]([CH3])([CH3])[CH3])cccc54)cc3cc[n+]2C)cc(C(C)(C)C)c2ccccc12. The van der Waals surface area contributed by atoms with Crippen LogP contribution in [0.4, 0.5) is 0 Å². The Balaban J connectivity index is 1.51. The zero-order chi connectivity index (χ0) is 30.3. The van der Waals surface area contributed by atoms with E-state index in [1.165, 1.54) is 71.4 Å². The molecule has 2 nitrogen and oxygen atoms in total. The summed E-state index contributed by atoms with van der Waals surface area (Å²) in [6, 6.07) is 36.6. The molecule has 0 saturated heterocycles. The van der Waals surface area contributed by atoms with E-state index < -0.39 is 13.3 Å². The molecule has 0 aliphatic heterocycles. The summed E-state index contributed by atoms with van der Waals surface area (Å²) in [5.74, 6) is 7.49. The summed E-state index contributed by atoms with van der Waals surface area (Å²) < 4.78 is 6.35. The van der Waals surface area contributed by atoms with Gasteiger partial charge in [0.15, 0.2) is 0 Å². The third kappa shape index (κ3) is 4.41. The van der Waals surface area contributed by atoms with Gasteiger partial charge >= 0.3 is 203 Å². The molecule has 0 fully saturated rings. The van der Waals surface area contributed by atoms with Crippen molar-refractivity contribution >= 4 is 61.0 Å². The van der Waals surface area contributed by atoms with Crippen LogP contribution >= 0.6 is 0 Å². The minimum absolute atomic E-state index is 0.0324. The second-order valence-corrected chi connectivity index (χ2v) is 24.8. The standard InChI is InChI=1S/C40H41GeN2/c1-26-29-14-9-10-15-31(29)34(40(2,3)4)25-33(26)39-30-21-20-28(24-27(30)22-23-42(39)8)43-36-18-12-11-16-32(36)38-35(41(5,6)7)17-13-19-37(38)43/h9-25H,1-8H3/q+1. The van der Waals surface area contributed by atoms with Crippen molar-refractivity contribution in [3.8, 4) is 16.9 Å². The average Bonchev–Trinajstić information content (AvgIpc) is 3.31. The summed E-state index contributed by atoms with van der Waals surface area (Å²) in [5, 5.41) is 8.02. The van der Waals surface area contributed by atoms with Crippen LogP contribution in [0.25, 0.3) is 60.3 Å². The Morgan fingerprint density at radius 2 is 1.35 bits per heavy atom. The molecular formula is C40H41GeN2+. The number of pyridine rings is 1. The molecule has 0 N–H and O–H groups in total. The van der Waals surface area contributed by atoms with Gasteiger partial charge in [-0.3, -0.25) is 0 Å². The number of rotatable bonds is 3. The Kier molecular flexibility index (Phi) is 6.38. The molecule has 0 unspecified atom stereocenters. The topological polar surface area (TPSA) is 8.81 Å². The Hall–Kier alpha value is -3.89. The van der Waals surface area contributed by atoms with Crippen molar-refractivity contribution in [1.82, 2.24) is 4.57 Å². The van der Waals surface area contributed by atoms with Crippen molar-refractivity contribution in [2.75, 3.05) is 0 Å². The summed E-state index contributed by atoms with van der Waals surface area (Å²) in [7, 11) is 2.18. The average molecular weight is 622 g/mol. The van der Waals surface area contributed by atoms with Crippen LogP contribution in [0.1, 0.15) is 31.9 Å². The van der Waals surface area contributed by atoms with Crippen molar-refractivity contribution in [2.24, 2.45) is 7.05 Å². The summed E-state index contributed by atoms with van der Waals surface area (Å²) in [4.78, 5) is 0. The van der Waals surface area contributed by atoms with Gasteiger partial charge < -0.3 is 0 Å². The fourth-order valence-corrected chi connectivity index (χ4v) is 10.5. The first-order valence-electron chi connectivity index (χ1n) is 15.4. The van der Waals surface area contributed by atoms with E-state index in [2.05, 4.69) is 164 Å². The van der Waals surface area contributed by atoms with Gasteiger partial charge in [-0.1, -0.05) is 45.0 Å². The zero-order valence-corrected chi connectivity index (χ0v) is 28.8. The van der Waals surface area contributed by atoms with Gasteiger partial charge in [-0.05, 0) is 10.8 Å². The summed E-state index contributed by atoms with van der Waals surface area (Å²) in [6.45, 7) is 9.25. The van der Waals surface area contributed by atoms with Gasteiger partial charge in [0.05, 0.1) is 0 Å². The molecule has 0 spiro atoms. The fraction of sp³-hybridized carbons (Fsp3) is 0.225. The molecule has 0 aliphatic carbocycles. The van der Waals surface area contributed by atoms with Crippen LogP contribution in [-0.4, -0.2) is 17.8 Å². The van der Waals surface area contributed by atoms with E-state index >= 15 is 0 Å². The molecule has 214 valence electrons. The molecule has 43 heavy (non-hydrogen) atoms. The zero-order valence-electron chi connectivity index (χ0n) is 26.7. The predicted molar refractivity (Wildman–Crippen MR) is 189 cm³/mol. The van der Waals surface area contributed by atoms with Gasteiger partial charge in [0.1, 0.15) is 0 Å². The number of aromatic nitrogens is 2. The number of hydrogen-bond donors (Lipinski definition) is 0. The normalized spacial score (nSPS) is 12.7.